The maximum atomic E-state index is 12.5. The third-order valence-corrected chi connectivity index (χ3v) is 5.31. The summed E-state index contributed by atoms with van der Waals surface area (Å²) < 4.78 is 2.18. The first kappa shape index (κ1) is 19.0. The third-order valence-electron chi connectivity index (χ3n) is 4.81. The molecule has 0 bridgehead atoms. The van der Waals surface area contributed by atoms with Gasteiger partial charge >= 0.3 is 0 Å². The van der Waals surface area contributed by atoms with Crippen LogP contribution in [-0.4, -0.2) is 46.5 Å². The standard InChI is InChI=1S/C19H25BrN4O2/c1-14-4-2-8-23(11-14)9-3-7-21-18(25)12-24-13-22-17-6-5-15(20)10-16(17)19(24)26/h5-6,10,13-14H,2-4,7-9,11-12H2,1H3,(H,21,25). The lowest BCUT2D eigenvalue weighted by Crippen LogP contribution is -2.37. The summed E-state index contributed by atoms with van der Waals surface area (Å²) in [5.74, 6) is 0.612. The number of aromatic nitrogens is 2. The summed E-state index contributed by atoms with van der Waals surface area (Å²) in [5.41, 5.74) is 0.430. The maximum Gasteiger partial charge on any atom is 0.261 e. The number of nitrogens with zero attached hydrogens (tertiary/aromatic N) is 3. The van der Waals surface area contributed by atoms with Crippen LogP contribution in [0.25, 0.3) is 10.9 Å². The fourth-order valence-corrected chi connectivity index (χ4v) is 3.84. The van der Waals surface area contributed by atoms with E-state index in [9.17, 15) is 9.59 Å². The van der Waals surface area contributed by atoms with Crippen molar-refractivity contribution >= 4 is 32.7 Å². The molecule has 140 valence electrons. The highest BCUT2D eigenvalue weighted by molar-refractivity contribution is 9.10. The molecule has 1 fully saturated rings. The zero-order chi connectivity index (χ0) is 18.5. The molecule has 1 aliphatic rings. The van der Waals surface area contributed by atoms with Gasteiger partial charge in [-0.15, -0.1) is 0 Å². The van der Waals surface area contributed by atoms with Crippen LogP contribution in [0.2, 0.25) is 0 Å². The molecule has 0 saturated carbocycles. The fraction of sp³-hybridized carbons (Fsp3) is 0.526. The number of carbonyl (C=O) groups is 1. The number of fused-ring (bicyclic) bond motifs is 1. The minimum atomic E-state index is -0.200. The molecule has 1 aromatic heterocycles. The van der Waals surface area contributed by atoms with E-state index in [-0.39, 0.29) is 18.0 Å². The number of piperidine rings is 1. The second-order valence-corrected chi connectivity index (χ2v) is 8.01. The fourth-order valence-electron chi connectivity index (χ4n) is 3.47. The number of likely N-dealkylation sites (tertiary alicyclic amines) is 1. The molecule has 0 spiro atoms. The molecule has 7 heteroatoms. The highest BCUT2D eigenvalue weighted by Crippen LogP contribution is 2.15. The SMILES string of the molecule is CC1CCCN(CCCNC(=O)Cn2cnc3ccc(Br)cc3c2=O)C1. The second-order valence-electron chi connectivity index (χ2n) is 7.09. The zero-order valence-electron chi connectivity index (χ0n) is 15.1. The molecule has 3 rings (SSSR count). The molecular formula is C19H25BrN4O2. The molecule has 1 saturated heterocycles. The average molecular weight is 421 g/mol. The number of amides is 1. The Bertz CT molecular complexity index is 836. The van der Waals surface area contributed by atoms with Crippen LogP contribution < -0.4 is 10.9 Å². The Kier molecular flexibility index (Phi) is 6.43. The van der Waals surface area contributed by atoms with E-state index < -0.39 is 0 Å². The monoisotopic (exact) mass is 420 g/mol. The van der Waals surface area contributed by atoms with Gasteiger partial charge in [-0.2, -0.15) is 0 Å². The molecule has 0 radical (unpaired) electrons. The molecule has 0 aliphatic carbocycles. The molecule has 1 N–H and O–H groups in total. The molecule has 1 unspecified atom stereocenters. The van der Waals surface area contributed by atoms with Crippen LogP contribution in [0, 0.1) is 5.92 Å². The molecule has 6 nitrogen and oxygen atoms in total. The van der Waals surface area contributed by atoms with Gasteiger partial charge in [-0.25, -0.2) is 4.98 Å². The first-order valence-electron chi connectivity index (χ1n) is 9.16. The number of hydrogen-bond acceptors (Lipinski definition) is 4. The average Bonchev–Trinajstić information content (AvgIpc) is 2.62. The van der Waals surface area contributed by atoms with Gasteiger partial charge in [0, 0.05) is 17.6 Å². The molecule has 1 atom stereocenters. The number of nitrogens with one attached hydrogen (secondary N) is 1. The molecular weight excluding hydrogens is 396 g/mol. The minimum absolute atomic E-state index is 0.00493. The summed E-state index contributed by atoms with van der Waals surface area (Å²) >= 11 is 3.36. The van der Waals surface area contributed by atoms with Crippen molar-refractivity contribution in [1.29, 1.82) is 0 Å². The first-order valence-corrected chi connectivity index (χ1v) is 9.96. The lowest BCUT2D eigenvalue weighted by Gasteiger charge is -2.30. The largest absolute Gasteiger partial charge is 0.354 e. The van der Waals surface area contributed by atoms with Gasteiger partial charge in [0.15, 0.2) is 0 Å². The smallest absolute Gasteiger partial charge is 0.261 e. The number of carbonyl (C=O) groups excluding carboxylic acids is 1. The van der Waals surface area contributed by atoms with Gasteiger partial charge < -0.3 is 10.2 Å². The molecule has 1 aliphatic heterocycles. The molecule has 26 heavy (non-hydrogen) atoms. The number of hydrogen-bond donors (Lipinski definition) is 1. The van der Waals surface area contributed by atoms with Crippen molar-refractivity contribution in [1.82, 2.24) is 19.8 Å². The summed E-state index contributed by atoms with van der Waals surface area (Å²) in [4.78, 5) is 31.4. The Morgan fingerprint density at radius 3 is 3.08 bits per heavy atom. The second kappa shape index (κ2) is 8.77. The summed E-state index contributed by atoms with van der Waals surface area (Å²) in [5, 5.41) is 3.41. The van der Waals surface area contributed by atoms with Crippen molar-refractivity contribution in [2.24, 2.45) is 5.92 Å². The van der Waals surface area contributed by atoms with E-state index in [2.05, 4.69) is 38.1 Å². The van der Waals surface area contributed by atoms with Crippen molar-refractivity contribution < 1.29 is 4.79 Å². The van der Waals surface area contributed by atoms with E-state index in [1.807, 2.05) is 6.07 Å². The summed E-state index contributed by atoms with van der Waals surface area (Å²) in [6, 6.07) is 5.36. The van der Waals surface area contributed by atoms with Crippen LogP contribution in [0.15, 0.2) is 33.8 Å². The number of rotatable bonds is 6. The zero-order valence-corrected chi connectivity index (χ0v) is 16.7. The minimum Gasteiger partial charge on any atom is -0.354 e. The Balaban J connectivity index is 1.50. The van der Waals surface area contributed by atoms with E-state index >= 15 is 0 Å². The van der Waals surface area contributed by atoms with Crippen LogP contribution >= 0.6 is 15.9 Å². The van der Waals surface area contributed by atoms with Crippen molar-refractivity contribution in [2.75, 3.05) is 26.2 Å². The molecule has 1 amide bonds. The predicted molar refractivity (Wildman–Crippen MR) is 106 cm³/mol. The normalized spacial score (nSPS) is 18.2. The van der Waals surface area contributed by atoms with E-state index in [1.165, 1.54) is 23.7 Å². The Morgan fingerprint density at radius 1 is 1.42 bits per heavy atom. The lowest BCUT2D eigenvalue weighted by molar-refractivity contribution is -0.121. The van der Waals surface area contributed by atoms with E-state index in [0.717, 1.165) is 36.4 Å². The number of halogens is 1. The van der Waals surface area contributed by atoms with Gasteiger partial charge in [0.05, 0.1) is 17.2 Å². The van der Waals surface area contributed by atoms with E-state index in [4.69, 9.17) is 0 Å². The van der Waals surface area contributed by atoms with Crippen molar-refractivity contribution in [2.45, 2.75) is 32.7 Å². The highest BCUT2D eigenvalue weighted by atomic mass is 79.9. The van der Waals surface area contributed by atoms with Gasteiger partial charge in [0.2, 0.25) is 5.91 Å². The maximum absolute atomic E-state index is 12.5. The van der Waals surface area contributed by atoms with Crippen LogP contribution in [0.4, 0.5) is 0 Å². The summed E-state index contributed by atoms with van der Waals surface area (Å²) in [6.45, 7) is 6.24. The van der Waals surface area contributed by atoms with Crippen molar-refractivity contribution in [3.05, 3.63) is 39.4 Å². The third kappa shape index (κ3) is 4.92. The topological polar surface area (TPSA) is 67.2 Å². The van der Waals surface area contributed by atoms with Gasteiger partial charge in [0.1, 0.15) is 6.54 Å². The van der Waals surface area contributed by atoms with Gasteiger partial charge in [-0.05, 0) is 56.5 Å². The molecule has 2 heterocycles. The van der Waals surface area contributed by atoms with Crippen LogP contribution in [0.5, 0.6) is 0 Å². The number of benzene rings is 1. The van der Waals surface area contributed by atoms with Gasteiger partial charge in [0.25, 0.3) is 5.56 Å². The summed E-state index contributed by atoms with van der Waals surface area (Å²) in [7, 11) is 0. The van der Waals surface area contributed by atoms with Crippen LogP contribution in [0.1, 0.15) is 26.2 Å². The molecule has 2 aromatic rings. The van der Waals surface area contributed by atoms with E-state index in [1.54, 1.807) is 12.1 Å². The van der Waals surface area contributed by atoms with Crippen molar-refractivity contribution in [3.8, 4) is 0 Å². The van der Waals surface area contributed by atoms with E-state index in [0.29, 0.717) is 17.4 Å². The Morgan fingerprint density at radius 2 is 2.27 bits per heavy atom. The summed E-state index contributed by atoms with van der Waals surface area (Å²) in [6.07, 6.45) is 4.95. The Hall–Kier alpha value is -1.73. The quantitative estimate of drug-likeness (QED) is 0.728. The van der Waals surface area contributed by atoms with Crippen molar-refractivity contribution in [3.63, 3.8) is 0 Å². The lowest BCUT2D eigenvalue weighted by atomic mass is 10.0. The molecule has 1 aromatic carbocycles. The Labute approximate surface area is 161 Å². The van der Waals surface area contributed by atoms with Crippen LogP contribution in [0.3, 0.4) is 0 Å². The van der Waals surface area contributed by atoms with Gasteiger partial charge in [-0.1, -0.05) is 22.9 Å². The first-order chi connectivity index (χ1) is 12.5. The van der Waals surface area contributed by atoms with Crippen LogP contribution in [-0.2, 0) is 11.3 Å². The predicted octanol–water partition coefficient (Wildman–Crippen LogP) is 2.40. The highest BCUT2D eigenvalue weighted by Gasteiger charge is 2.15. The van der Waals surface area contributed by atoms with Gasteiger partial charge in [-0.3, -0.25) is 14.2 Å².